The van der Waals surface area contributed by atoms with E-state index in [1.165, 1.54) is 0 Å². The zero-order valence-corrected chi connectivity index (χ0v) is 21.1. The highest BCUT2D eigenvalue weighted by atomic mass is 19.1. The van der Waals surface area contributed by atoms with Crippen molar-refractivity contribution in [3.05, 3.63) is 82.7 Å². The second-order valence-corrected chi connectivity index (χ2v) is 9.42. The number of halogens is 1. The smallest absolute Gasteiger partial charge is 0.143 e. The van der Waals surface area contributed by atoms with Gasteiger partial charge in [-0.3, -0.25) is 5.41 Å². The van der Waals surface area contributed by atoms with E-state index < -0.39 is 5.60 Å². The number of rotatable bonds is 7. The first-order valence-corrected chi connectivity index (χ1v) is 11.8. The number of methoxy groups -OCH3 is 2. The molecule has 0 aliphatic carbocycles. The van der Waals surface area contributed by atoms with Gasteiger partial charge in [0.25, 0.3) is 0 Å². The van der Waals surface area contributed by atoms with Crippen molar-refractivity contribution in [2.24, 2.45) is 0 Å². The molecule has 0 unspecified atom stereocenters. The fourth-order valence-corrected chi connectivity index (χ4v) is 4.32. The van der Waals surface area contributed by atoms with Crippen LogP contribution in [0.1, 0.15) is 49.1 Å². The third-order valence-electron chi connectivity index (χ3n) is 6.65. The summed E-state index contributed by atoms with van der Waals surface area (Å²) in [5, 5.41) is 8.79. The SMILES string of the molecule is COc1cc(/C=C2\CCCN(Cc3ccc(C(C)(C)OC)cc3F)C2=N)ccc1-n1cnc(C)c1. The lowest BCUT2D eigenvalue weighted by Gasteiger charge is -2.32. The topological polar surface area (TPSA) is 63.4 Å². The maximum absolute atomic E-state index is 14.9. The lowest BCUT2D eigenvalue weighted by Crippen LogP contribution is -2.36. The van der Waals surface area contributed by atoms with E-state index in [4.69, 9.17) is 14.9 Å². The molecule has 4 rings (SSSR count). The molecule has 3 aromatic rings. The Morgan fingerprint density at radius 1 is 1.17 bits per heavy atom. The van der Waals surface area contributed by atoms with Gasteiger partial charge in [-0.15, -0.1) is 0 Å². The number of piperidine rings is 1. The first kappa shape index (κ1) is 24.7. The Labute approximate surface area is 206 Å². The summed E-state index contributed by atoms with van der Waals surface area (Å²) in [6, 6.07) is 11.2. The minimum Gasteiger partial charge on any atom is -0.495 e. The normalized spacial score (nSPS) is 15.7. The number of aryl methyl sites for hydroxylation is 1. The van der Waals surface area contributed by atoms with E-state index in [2.05, 4.69) is 4.98 Å². The Morgan fingerprint density at radius 2 is 1.97 bits per heavy atom. The van der Waals surface area contributed by atoms with Crippen molar-refractivity contribution >= 4 is 11.9 Å². The Kier molecular flexibility index (Phi) is 7.08. The molecule has 6 nitrogen and oxygen atoms in total. The Balaban J connectivity index is 1.54. The maximum Gasteiger partial charge on any atom is 0.143 e. The van der Waals surface area contributed by atoms with Gasteiger partial charge in [-0.2, -0.15) is 0 Å². The van der Waals surface area contributed by atoms with Gasteiger partial charge in [0.05, 0.1) is 30.4 Å². The summed E-state index contributed by atoms with van der Waals surface area (Å²) < 4.78 is 28.0. The minimum absolute atomic E-state index is 0.272. The van der Waals surface area contributed by atoms with E-state index in [9.17, 15) is 4.39 Å². The van der Waals surface area contributed by atoms with E-state index in [1.54, 1.807) is 32.7 Å². The molecule has 0 saturated carbocycles. The summed E-state index contributed by atoms with van der Waals surface area (Å²) >= 11 is 0. The summed E-state index contributed by atoms with van der Waals surface area (Å²) in [5.74, 6) is 0.897. The van der Waals surface area contributed by atoms with Crippen molar-refractivity contribution in [2.45, 2.75) is 45.8 Å². The number of benzene rings is 2. The van der Waals surface area contributed by atoms with Crippen LogP contribution in [0.2, 0.25) is 0 Å². The predicted octanol–water partition coefficient (Wildman–Crippen LogP) is 5.87. The van der Waals surface area contributed by atoms with Crippen LogP contribution in [-0.4, -0.2) is 41.1 Å². The van der Waals surface area contributed by atoms with Crippen LogP contribution in [0.15, 0.2) is 54.5 Å². The first-order valence-electron chi connectivity index (χ1n) is 11.8. The zero-order chi connectivity index (χ0) is 25.2. The molecule has 184 valence electrons. The van der Waals surface area contributed by atoms with E-state index in [1.807, 2.05) is 66.8 Å². The fraction of sp³-hybridized carbons (Fsp3) is 0.357. The van der Waals surface area contributed by atoms with Gasteiger partial charge in [0.15, 0.2) is 0 Å². The molecule has 1 aliphatic heterocycles. The lowest BCUT2D eigenvalue weighted by molar-refractivity contribution is 0.0189. The van der Waals surface area contributed by atoms with E-state index in [0.29, 0.717) is 17.9 Å². The van der Waals surface area contributed by atoms with E-state index >= 15 is 0 Å². The number of nitrogens with zero attached hydrogens (tertiary/aromatic N) is 3. The van der Waals surface area contributed by atoms with E-state index in [-0.39, 0.29) is 5.82 Å². The molecule has 0 spiro atoms. The van der Waals surface area contributed by atoms with Crippen LogP contribution >= 0.6 is 0 Å². The zero-order valence-electron chi connectivity index (χ0n) is 21.1. The lowest BCUT2D eigenvalue weighted by atomic mass is 9.95. The Hall–Kier alpha value is -3.45. The highest BCUT2D eigenvalue weighted by Crippen LogP contribution is 2.29. The molecule has 1 saturated heterocycles. The van der Waals surface area contributed by atoms with Crippen LogP contribution in [0.25, 0.3) is 11.8 Å². The van der Waals surface area contributed by atoms with Crippen LogP contribution in [-0.2, 0) is 16.9 Å². The molecule has 0 bridgehead atoms. The summed E-state index contributed by atoms with van der Waals surface area (Å²) in [6.45, 7) is 6.86. The summed E-state index contributed by atoms with van der Waals surface area (Å²) in [5.41, 5.74) is 4.55. The van der Waals surface area contributed by atoms with Gasteiger partial charge in [0.2, 0.25) is 0 Å². The molecule has 7 heteroatoms. The van der Waals surface area contributed by atoms with Crippen LogP contribution in [0.5, 0.6) is 5.75 Å². The predicted molar refractivity (Wildman–Crippen MR) is 137 cm³/mol. The fourth-order valence-electron chi connectivity index (χ4n) is 4.32. The van der Waals surface area contributed by atoms with Crippen LogP contribution < -0.4 is 4.74 Å². The largest absolute Gasteiger partial charge is 0.495 e. The van der Waals surface area contributed by atoms with Crippen molar-refractivity contribution in [3.8, 4) is 11.4 Å². The van der Waals surface area contributed by atoms with Gasteiger partial charge in [0, 0.05) is 32.0 Å². The Morgan fingerprint density at radius 3 is 2.63 bits per heavy atom. The number of imidazole rings is 1. The minimum atomic E-state index is -0.555. The molecule has 2 heterocycles. The number of aromatic nitrogens is 2. The van der Waals surface area contributed by atoms with Crippen LogP contribution in [0, 0.1) is 18.2 Å². The number of hydrogen-bond acceptors (Lipinski definition) is 4. The molecule has 35 heavy (non-hydrogen) atoms. The molecule has 0 amide bonds. The molecule has 1 fully saturated rings. The molecular formula is C28H33FN4O2. The van der Waals surface area contributed by atoms with Crippen LogP contribution in [0.3, 0.4) is 0 Å². The van der Waals surface area contributed by atoms with Crippen LogP contribution in [0.4, 0.5) is 4.39 Å². The molecule has 1 aromatic heterocycles. The second-order valence-electron chi connectivity index (χ2n) is 9.42. The number of nitrogens with one attached hydrogen (secondary N) is 1. The molecule has 0 atom stereocenters. The molecular weight excluding hydrogens is 443 g/mol. The van der Waals surface area contributed by atoms with Gasteiger partial charge < -0.3 is 18.9 Å². The molecule has 0 radical (unpaired) electrons. The third kappa shape index (κ3) is 5.30. The Bertz CT molecular complexity index is 1260. The quantitative estimate of drug-likeness (QED) is 0.463. The van der Waals surface area contributed by atoms with Gasteiger partial charge >= 0.3 is 0 Å². The average Bonchev–Trinajstić information content (AvgIpc) is 3.28. The van der Waals surface area contributed by atoms with Crippen molar-refractivity contribution in [1.82, 2.24) is 14.5 Å². The third-order valence-corrected chi connectivity index (χ3v) is 6.65. The average molecular weight is 477 g/mol. The van der Waals surface area contributed by atoms with Gasteiger partial charge in [0.1, 0.15) is 17.4 Å². The van der Waals surface area contributed by atoms with Gasteiger partial charge in [-0.05, 0) is 74.6 Å². The number of hydrogen-bond donors (Lipinski definition) is 1. The number of amidine groups is 1. The number of likely N-dealkylation sites (tertiary alicyclic amines) is 1. The summed E-state index contributed by atoms with van der Waals surface area (Å²) in [4.78, 5) is 6.23. The monoisotopic (exact) mass is 476 g/mol. The highest BCUT2D eigenvalue weighted by molar-refractivity contribution is 6.00. The van der Waals surface area contributed by atoms with Crippen molar-refractivity contribution < 1.29 is 13.9 Å². The standard InChI is InChI=1S/C28H33FN4O2/c1-19-16-33(18-31-19)25-11-8-20(14-26(25)34-4)13-21-7-6-12-32(27(21)30)17-22-9-10-23(15-24(22)29)28(2,3)35-5/h8-11,13-16,18,30H,6-7,12,17H2,1-5H3/b21-13+,30-27?. The maximum atomic E-state index is 14.9. The van der Waals surface area contributed by atoms with Gasteiger partial charge in [-0.25, -0.2) is 9.37 Å². The second kappa shape index (κ2) is 10.0. The number of ether oxygens (including phenoxy) is 2. The first-order chi connectivity index (χ1) is 16.7. The summed E-state index contributed by atoms with van der Waals surface area (Å²) in [7, 11) is 3.27. The van der Waals surface area contributed by atoms with E-state index in [0.717, 1.165) is 53.2 Å². The summed E-state index contributed by atoms with van der Waals surface area (Å²) in [6.07, 6.45) is 7.47. The molecule has 1 aliphatic rings. The van der Waals surface area contributed by atoms with Crippen molar-refractivity contribution in [1.29, 1.82) is 5.41 Å². The molecule has 1 N–H and O–H groups in total. The van der Waals surface area contributed by atoms with Crippen molar-refractivity contribution in [2.75, 3.05) is 20.8 Å². The molecule has 2 aromatic carbocycles. The van der Waals surface area contributed by atoms with Gasteiger partial charge in [-0.1, -0.05) is 18.2 Å². The highest BCUT2D eigenvalue weighted by Gasteiger charge is 2.24. The van der Waals surface area contributed by atoms with Crippen molar-refractivity contribution in [3.63, 3.8) is 0 Å².